The minimum atomic E-state index is 0.146. The number of nitrogens with one attached hydrogen (secondary N) is 1. The number of ether oxygens (including phenoxy) is 2. The van der Waals surface area contributed by atoms with Gasteiger partial charge in [-0.25, -0.2) is 0 Å². The summed E-state index contributed by atoms with van der Waals surface area (Å²) < 4.78 is 10.7. The lowest BCUT2D eigenvalue weighted by molar-refractivity contribution is 0.387. The van der Waals surface area contributed by atoms with Crippen LogP contribution in [0, 0.1) is 6.92 Å². The van der Waals surface area contributed by atoms with E-state index in [1.54, 1.807) is 14.2 Å². The quantitative estimate of drug-likeness (QED) is 0.872. The maximum Gasteiger partial charge on any atom is 0.126 e. The zero-order valence-electron chi connectivity index (χ0n) is 12.4. The lowest BCUT2D eigenvalue weighted by atomic mass is 10.0. The second-order valence-corrected chi connectivity index (χ2v) is 5.55. The minimum absolute atomic E-state index is 0.146. The van der Waals surface area contributed by atoms with E-state index < -0.39 is 0 Å². The van der Waals surface area contributed by atoms with E-state index in [2.05, 4.69) is 39.1 Å². The molecule has 18 heavy (non-hydrogen) atoms. The highest BCUT2D eigenvalue weighted by Crippen LogP contribution is 2.28. The first-order valence-electron chi connectivity index (χ1n) is 6.34. The fourth-order valence-corrected chi connectivity index (χ4v) is 1.94. The maximum atomic E-state index is 5.44. The van der Waals surface area contributed by atoms with Gasteiger partial charge in [-0.05, 0) is 57.9 Å². The van der Waals surface area contributed by atoms with E-state index in [0.717, 1.165) is 24.5 Å². The van der Waals surface area contributed by atoms with Gasteiger partial charge in [0.2, 0.25) is 0 Å². The number of methoxy groups -OCH3 is 2. The van der Waals surface area contributed by atoms with Crippen LogP contribution in [-0.4, -0.2) is 26.3 Å². The summed E-state index contributed by atoms with van der Waals surface area (Å²) in [5.41, 5.74) is 2.60. The van der Waals surface area contributed by atoms with Gasteiger partial charge in [0, 0.05) is 11.6 Å². The van der Waals surface area contributed by atoms with Crippen LogP contribution in [0.5, 0.6) is 11.5 Å². The molecule has 0 bridgehead atoms. The van der Waals surface area contributed by atoms with Gasteiger partial charge in [0.15, 0.2) is 0 Å². The Kier molecular flexibility index (Phi) is 5.03. The number of hydrogen-bond acceptors (Lipinski definition) is 3. The standard InChI is InChI=1S/C15H25NO2/c1-11-9-12(17-5)10-14(18-6)13(11)7-8-16-15(2,3)4/h9-10,16H,7-8H2,1-6H3. The monoisotopic (exact) mass is 251 g/mol. The molecule has 0 atom stereocenters. The summed E-state index contributed by atoms with van der Waals surface area (Å²) in [6, 6.07) is 3.99. The smallest absolute Gasteiger partial charge is 0.126 e. The molecule has 0 heterocycles. The van der Waals surface area contributed by atoms with Crippen molar-refractivity contribution in [3.05, 3.63) is 23.3 Å². The molecule has 0 fully saturated rings. The summed E-state index contributed by atoms with van der Waals surface area (Å²) in [5.74, 6) is 1.75. The Labute approximate surface area is 110 Å². The molecule has 0 radical (unpaired) electrons. The van der Waals surface area contributed by atoms with E-state index >= 15 is 0 Å². The second-order valence-electron chi connectivity index (χ2n) is 5.55. The molecule has 0 aliphatic carbocycles. The van der Waals surface area contributed by atoms with Gasteiger partial charge in [-0.2, -0.15) is 0 Å². The first-order chi connectivity index (χ1) is 8.37. The average molecular weight is 251 g/mol. The molecule has 0 aromatic heterocycles. The minimum Gasteiger partial charge on any atom is -0.497 e. The van der Waals surface area contributed by atoms with Crippen molar-refractivity contribution in [1.29, 1.82) is 0 Å². The van der Waals surface area contributed by atoms with E-state index in [1.165, 1.54) is 11.1 Å². The van der Waals surface area contributed by atoms with Crippen molar-refractivity contribution < 1.29 is 9.47 Å². The van der Waals surface area contributed by atoms with Gasteiger partial charge in [0.1, 0.15) is 11.5 Å². The predicted molar refractivity (Wildman–Crippen MR) is 75.7 cm³/mol. The van der Waals surface area contributed by atoms with E-state index in [0.29, 0.717) is 0 Å². The molecule has 3 heteroatoms. The Morgan fingerprint density at radius 2 is 1.78 bits per heavy atom. The van der Waals surface area contributed by atoms with Crippen molar-refractivity contribution in [2.45, 2.75) is 39.7 Å². The summed E-state index contributed by atoms with van der Waals surface area (Å²) in [6.07, 6.45) is 0.955. The molecule has 0 spiro atoms. The summed E-state index contributed by atoms with van der Waals surface area (Å²) in [6.45, 7) is 9.55. The Morgan fingerprint density at radius 3 is 2.28 bits per heavy atom. The van der Waals surface area contributed by atoms with Crippen LogP contribution in [0.2, 0.25) is 0 Å². The fraction of sp³-hybridized carbons (Fsp3) is 0.600. The number of aryl methyl sites for hydroxylation is 1. The van der Waals surface area contributed by atoms with E-state index in [1.807, 2.05) is 6.07 Å². The highest BCUT2D eigenvalue weighted by Gasteiger charge is 2.12. The van der Waals surface area contributed by atoms with Crippen molar-refractivity contribution in [3.8, 4) is 11.5 Å². The normalized spacial score (nSPS) is 11.4. The molecule has 0 saturated heterocycles. The molecule has 102 valence electrons. The third kappa shape index (κ3) is 4.22. The van der Waals surface area contributed by atoms with Crippen LogP contribution in [0.4, 0.5) is 0 Å². The number of hydrogen-bond donors (Lipinski definition) is 1. The van der Waals surface area contributed by atoms with Gasteiger partial charge in [-0.3, -0.25) is 0 Å². The van der Waals surface area contributed by atoms with Gasteiger partial charge < -0.3 is 14.8 Å². The van der Waals surface area contributed by atoms with Gasteiger partial charge in [-0.1, -0.05) is 0 Å². The number of benzene rings is 1. The van der Waals surface area contributed by atoms with Crippen LogP contribution >= 0.6 is 0 Å². The van der Waals surface area contributed by atoms with Crippen LogP contribution in [-0.2, 0) is 6.42 Å². The largest absolute Gasteiger partial charge is 0.497 e. The molecule has 0 unspecified atom stereocenters. The molecular formula is C15H25NO2. The molecule has 0 saturated carbocycles. The Bertz CT molecular complexity index is 394. The van der Waals surface area contributed by atoms with Crippen molar-refractivity contribution in [3.63, 3.8) is 0 Å². The lowest BCUT2D eigenvalue weighted by Gasteiger charge is -2.21. The molecule has 0 amide bonds. The number of rotatable bonds is 5. The summed E-state index contributed by atoms with van der Waals surface area (Å²) in [4.78, 5) is 0. The first-order valence-corrected chi connectivity index (χ1v) is 6.34. The van der Waals surface area contributed by atoms with Crippen molar-refractivity contribution in [1.82, 2.24) is 5.32 Å². The van der Waals surface area contributed by atoms with Crippen LogP contribution in [0.25, 0.3) is 0 Å². The third-order valence-electron chi connectivity index (χ3n) is 2.89. The SMILES string of the molecule is COc1cc(C)c(CCNC(C)(C)C)c(OC)c1. The molecule has 1 rings (SSSR count). The summed E-state index contributed by atoms with van der Waals surface area (Å²) in [7, 11) is 3.38. The zero-order valence-corrected chi connectivity index (χ0v) is 12.4. The predicted octanol–water partition coefficient (Wildman–Crippen LogP) is 2.94. The third-order valence-corrected chi connectivity index (χ3v) is 2.89. The van der Waals surface area contributed by atoms with Crippen LogP contribution in [0.15, 0.2) is 12.1 Å². The van der Waals surface area contributed by atoms with Crippen LogP contribution < -0.4 is 14.8 Å². The molecule has 3 nitrogen and oxygen atoms in total. The van der Waals surface area contributed by atoms with Crippen LogP contribution in [0.3, 0.4) is 0 Å². The van der Waals surface area contributed by atoms with Gasteiger partial charge >= 0.3 is 0 Å². The molecule has 1 N–H and O–H groups in total. The zero-order chi connectivity index (χ0) is 13.8. The topological polar surface area (TPSA) is 30.5 Å². The molecule has 0 aliphatic rings. The fourth-order valence-electron chi connectivity index (χ4n) is 1.94. The average Bonchev–Trinajstić information content (AvgIpc) is 2.29. The highest BCUT2D eigenvalue weighted by molar-refractivity contribution is 5.46. The van der Waals surface area contributed by atoms with Gasteiger partial charge in [-0.15, -0.1) is 0 Å². The first kappa shape index (κ1) is 14.8. The van der Waals surface area contributed by atoms with Gasteiger partial charge in [0.05, 0.1) is 14.2 Å². The van der Waals surface area contributed by atoms with E-state index in [9.17, 15) is 0 Å². The van der Waals surface area contributed by atoms with Crippen molar-refractivity contribution in [2.75, 3.05) is 20.8 Å². The Balaban J connectivity index is 2.81. The molecular weight excluding hydrogens is 226 g/mol. The Hall–Kier alpha value is -1.22. The van der Waals surface area contributed by atoms with Crippen molar-refractivity contribution in [2.24, 2.45) is 0 Å². The van der Waals surface area contributed by atoms with E-state index in [4.69, 9.17) is 9.47 Å². The molecule has 1 aromatic carbocycles. The second kappa shape index (κ2) is 6.10. The molecule has 1 aromatic rings. The summed E-state index contributed by atoms with van der Waals surface area (Å²) >= 11 is 0. The highest BCUT2D eigenvalue weighted by atomic mass is 16.5. The Morgan fingerprint density at radius 1 is 1.11 bits per heavy atom. The van der Waals surface area contributed by atoms with Gasteiger partial charge in [0.25, 0.3) is 0 Å². The van der Waals surface area contributed by atoms with Crippen molar-refractivity contribution >= 4 is 0 Å². The van der Waals surface area contributed by atoms with E-state index in [-0.39, 0.29) is 5.54 Å². The lowest BCUT2D eigenvalue weighted by Crippen LogP contribution is -2.37. The maximum absolute atomic E-state index is 5.44. The van der Waals surface area contributed by atoms with Crippen LogP contribution in [0.1, 0.15) is 31.9 Å². The molecule has 0 aliphatic heterocycles. The summed E-state index contributed by atoms with van der Waals surface area (Å²) in [5, 5.41) is 3.49.